The second-order valence-corrected chi connectivity index (χ2v) is 6.73. The second kappa shape index (κ2) is 10.7. The summed E-state index contributed by atoms with van der Waals surface area (Å²) in [7, 11) is 4.55. The molecule has 3 rings (SSSR count). The fraction of sp³-hybridized carbons (Fsp3) is 0.167. The molecule has 0 saturated carbocycles. The van der Waals surface area contributed by atoms with Crippen LogP contribution in [0.15, 0.2) is 66.7 Å². The number of urea groups is 1. The molecule has 3 N–H and O–H groups in total. The van der Waals surface area contributed by atoms with Crippen LogP contribution in [0.25, 0.3) is 0 Å². The Hall–Kier alpha value is -4.20. The first kappa shape index (κ1) is 22.5. The lowest BCUT2D eigenvalue weighted by molar-refractivity contribution is 0.102. The Kier molecular flexibility index (Phi) is 7.53. The van der Waals surface area contributed by atoms with Gasteiger partial charge in [-0.05, 0) is 29.8 Å². The van der Waals surface area contributed by atoms with Crippen molar-refractivity contribution in [1.82, 2.24) is 5.32 Å². The number of carbonyl (C=O) groups is 2. The van der Waals surface area contributed by atoms with E-state index in [-0.39, 0.29) is 5.91 Å². The van der Waals surface area contributed by atoms with Crippen molar-refractivity contribution >= 4 is 23.3 Å². The van der Waals surface area contributed by atoms with Crippen LogP contribution in [0.1, 0.15) is 15.9 Å². The number of amides is 3. The van der Waals surface area contributed by atoms with Gasteiger partial charge in [-0.3, -0.25) is 4.79 Å². The highest BCUT2D eigenvalue weighted by molar-refractivity contribution is 6.05. The molecule has 8 nitrogen and oxygen atoms in total. The molecule has 0 bridgehead atoms. The van der Waals surface area contributed by atoms with Crippen LogP contribution >= 0.6 is 0 Å². The maximum absolute atomic E-state index is 12.5. The van der Waals surface area contributed by atoms with E-state index in [1.807, 2.05) is 30.3 Å². The van der Waals surface area contributed by atoms with Crippen LogP contribution < -0.4 is 30.2 Å². The lowest BCUT2D eigenvalue weighted by Crippen LogP contribution is -2.28. The minimum atomic E-state index is -0.415. The van der Waals surface area contributed by atoms with Crippen molar-refractivity contribution < 1.29 is 23.8 Å². The van der Waals surface area contributed by atoms with Crippen molar-refractivity contribution in [2.24, 2.45) is 0 Å². The van der Waals surface area contributed by atoms with Crippen LogP contribution in [-0.2, 0) is 6.54 Å². The Morgan fingerprint density at radius 1 is 0.750 bits per heavy atom. The summed E-state index contributed by atoms with van der Waals surface area (Å²) in [4.78, 5) is 24.9. The smallest absolute Gasteiger partial charge is 0.319 e. The zero-order chi connectivity index (χ0) is 22.9. The molecule has 0 aromatic heterocycles. The van der Waals surface area contributed by atoms with Gasteiger partial charge in [0, 0.05) is 24.2 Å². The number of hydrogen-bond donors (Lipinski definition) is 3. The summed E-state index contributed by atoms with van der Waals surface area (Å²) in [6.45, 7) is 0.334. The fourth-order valence-corrected chi connectivity index (χ4v) is 2.97. The fourth-order valence-electron chi connectivity index (χ4n) is 2.97. The van der Waals surface area contributed by atoms with Crippen LogP contribution in [0.3, 0.4) is 0 Å². The number of carbonyl (C=O) groups excluding carboxylic acids is 2. The number of rotatable bonds is 8. The molecule has 0 aliphatic rings. The maximum Gasteiger partial charge on any atom is 0.319 e. The number of ether oxygens (including phenoxy) is 3. The SMILES string of the molecule is COc1ccc(CNC(=O)Nc2cc(OC)c(NC(=O)c3ccccc3)cc2OC)cc1. The molecule has 3 aromatic carbocycles. The van der Waals surface area contributed by atoms with Gasteiger partial charge < -0.3 is 30.2 Å². The zero-order valence-corrected chi connectivity index (χ0v) is 18.1. The molecule has 3 amide bonds. The molecule has 0 saturated heterocycles. The molecule has 0 aliphatic heterocycles. The predicted molar refractivity (Wildman–Crippen MR) is 123 cm³/mol. The third-order valence-electron chi connectivity index (χ3n) is 4.67. The van der Waals surface area contributed by atoms with Gasteiger partial charge in [0.1, 0.15) is 17.2 Å². The Balaban J connectivity index is 1.70. The minimum Gasteiger partial charge on any atom is -0.497 e. The van der Waals surface area contributed by atoms with Gasteiger partial charge in [-0.1, -0.05) is 30.3 Å². The third kappa shape index (κ3) is 5.69. The topological polar surface area (TPSA) is 97.9 Å². The highest BCUT2D eigenvalue weighted by Crippen LogP contribution is 2.36. The summed E-state index contributed by atoms with van der Waals surface area (Å²) in [5, 5.41) is 8.34. The van der Waals surface area contributed by atoms with Gasteiger partial charge in [-0.2, -0.15) is 0 Å². The largest absolute Gasteiger partial charge is 0.497 e. The molecule has 0 heterocycles. The molecule has 0 unspecified atom stereocenters. The lowest BCUT2D eigenvalue weighted by Gasteiger charge is -2.16. The molecular weight excluding hydrogens is 410 g/mol. The number of hydrogen-bond acceptors (Lipinski definition) is 5. The van der Waals surface area contributed by atoms with Crippen molar-refractivity contribution in [2.75, 3.05) is 32.0 Å². The Morgan fingerprint density at radius 2 is 1.34 bits per heavy atom. The van der Waals surface area contributed by atoms with Gasteiger partial charge >= 0.3 is 6.03 Å². The number of anilines is 2. The summed E-state index contributed by atoms with van der Waals surface area (Å²) < 4.78 is 15.9. The first-order valence-electron chi connectivity index (χ1n) is 9.84. The molecule has 8 heteroatoms. The lowest BCUT2D eigenvalue weighted by atomic mass is 10.2. The summed E-state index contributed by atoms with van der Waals surface area (Å²) >= 11 is 0. The molecule has 32 heavy (non-hydrogen) atoms. The van der Waals surface area contributed by atoms with Crippen LogP contribution in [0.4, 0.5) is 16.2 Å². The minimum absolute atomic E-state index is 0.288. The van der Waals surface area contributed by atoms with E-state index >= 15 is 0 Å². The van der Waals surface area contributed by atoms with Crippen LogP contribution in [-0.4, -0.2) is 33.3 Å². The van der Waals surface area contributed by atoms with Gasteiger partial charge in [0.2, 0.25) is 0 Å². The molecule has 0 atom stereocenters. The standard InChI is InChI=1S/C24H25N3O5/c1-30-18-11-9-16(10-12-18)15-25-24(29)27-20-14-21(31-2)19(13-22(20)32-3)26-23(28)17-7-5-4-6-8-17/h4-14H,15H2,1-3H3,(H,26,28)(H2,25,27,29). The van der Waals surface area contributed by atoms with E-state index in [4.69, 9.17) is 14.2 Å². The van der Waals surface area contributed by atoms with Crippen LogP contribution in [0.5, 0.6) is 17.2 Å². The average Bonchev–Trinajstić information content (AvgIpc) is 2.84. The number of methoxy groups -OCH3 is 3. The molecule has 0 radical (unpaired) electrons. The Labute approximate surface area is 186 Å². The van der Waals surface area contributed by atoms with Crippen molar-refractivity contribution in [1.29, 1.82) is 0 Å². The van der Waals surface area contributed by atoms with E-state index < -0.39 is 6.03 Å². The first-order valence-corrected chi connectivity index (χ1v) is 9.84. The summed E-state index contributed by atoms with van der Waals surface area (Å²) in [6.07, 6.45) is 0. The normalized spacial score (nSPS) is 10.1. The number of nitrogens with one attached hydrogen (secondary N) is 3. The molecule has 3 aromatic rings. The molecule has 0 fully saturated rings. The Morgan fingerprint density at radius 3 is 1.91 bits per heavy atom. The van der Waals surface area contributed by atoms with Gasteiger partial charge in [0.15, 0.2) is 0 Å². The van der Waals surface area contributed by atoms with E-state index in [1.165, 1.54) is 14.2 Å². The summed E-state index contributed by atoms with van der Waals surface area (Å²) in [5.41, 5.74) is 2.25. The molecule has 166 valence electrons. The highest BCUT2D eigenvalue weighted by atomic mass is 16.5. The quantitative estimate of drug-likeness (QED) is 0.490. The molecule has 0 spiro atoms. The van der Waals surface area contributed by atoms with Gasteiger partial charge in [-0.15, -0.1) is 0 Å². The maximum atomic E-state index is 12.5. The average molecular weight is 435 g/mol. The summed E-state index contributed by atoms with van der Waals surface area (Å²) in [5.74, 6) is 1.20. The van der Waals surface area contributed by atoms with Crippen LogP contribution in [0, 0.1) is 0 Å². The molecule has 0 aliphatic carbocycles. The third-order valence-corrected chi connectivity index (χ3v) is 4.67. The van der Waals surface area contributed by atoms with E-state index in [0.29, 0.717) is 35.0 Å². The van der Waals surface area contributed by atoms with Gasteiger partial charge in [0.05, 0.1) is 32.7 Å². The second-order valence-electron chi connectivity index (χ2n) is 6.73. The number of benzene rings is 3. The van der Waals surface area contributed by atoms with Crippen molar-refractivity contribution in [3.8, 4) is 17.2 Å². The molecular formula is C24H25N3O5. The van der Waals surface area contributed by atoms with Crippen molar-refractivity contribution in [2.45, 2.75) is 6.54 Å². The predicted octanol–water partition coefficient (Wildman–Crippen LogP) is 4.29. The van der Waals surface area contributed by atoms with Crippen molar-refractivity contribution in [3.05, 3.63) is 77.9 Å². The van der Waals surface area contributed by atoms with E-state index in [0.717, 1.165) is 11.3 Å². The summed E-state index contributed by atoms with van der Waals surface area (Å²) in [6, 6.07) is 19.0. The van der Waals surface area contributed by atoms with Gasteiger partial charge in [0.25, 0.3) is 5.91 Å². The highest BCUT2D eigenvalue weighted by Gasteiger charge is 2.16. The van der Waals surface area contributed by atoms with E-state index in [9.17, 15) is 9.59 Å². The Bertz CT molecular complexity index is 1070. The van der Waals surface area contributed by atoms with Crippen LogP contribution in [0.2, 0.25) is 0 Å². The van der Waals surface area contributed by atoms with E-state index in [2.05, 4.69) is 16.0 Å². The first-order chi connectivity index (χ1) is 15.5. The van der Waals surface area contributed by atoms with Crippen molar-refractivity contribution in [3.63, 3.8) is 0 Å². The zero-order valence-electron chi connectivity index (χ0n) is 18.1. The monoisotopic (exact) mass is 435 g/mol. The van der Waals surface area contributed by atoms with E-state index in [1.54, 1.807) is 43.5 Å². The van der Waals surface area contributed by atoms with Gasteiger partial charge in [-0.25, -0.2) is 4.79 Å².